The zero-order valence-corrected chi connectivity index (χ0v) is 6.17. The lowest BCUT2D eigenvalue weighted by atomic mass is 10.2. The van der Waals surface area contributed by atoms with Gasteiger partial charge in [-0.25, -0.2) is 4.79 Å². The van der Waals surface area contributed by atoms with E-state index in [1.54, 1.807) is 0 Å². The van der Waals surface area contributed by atoms with Crippen LogP contribution in [0.25, 0.3) is 0 Å². The number of nitrogens with one attached hydrogen (secondary N) is 1. The van der Waals surface area contributed by atoms with E-state index in [4.69, 9.17) is 5.11 Å². The van der Waals surface area contributed by atoms with Crippen molar-refractivity contribution >= 4 is 25.0 Å². The Labute approximate surface area is 64.0 Å². The second kappa shape index (κ2) is 5.10. The summed E-state index contributed by atoms with van der Waals surface area (Å²) in [4.78, 5) is 20.0. The third-order valence-corrected chi connectivity index (χ3v) is 1.24. The summed E-state index contributed by atoms with van der Waals surface area (Å²) in [6.45, 7) is 0. The Bertz CT molecular complexity index is 128. The van der Waals surface area contributed by atoms with Crippen LogP contribution in [0.15, 0.2) is 0 Å². The van der Waals surface area contributed by atoms with E-state index in [1.165, 1.54) is 0 Å². The number of amides is 1. The van der Waals surface area contributed by atoms with Crippen molar-refractivity contribution in [3.05, 3.63) is 0 Å². The average Bonchev–Trinajstić information content (AvgIpc) is 1.87. The summed E-state index contributed by atoms with van der Waals surface area (Å²) in [7, 11) is 0. The zero-order chi connectivity index (χ0) is 7.98. The summed E-state index contributed by atoms with van der Waals surface area (Å²) in [5.41, 5.74) is 0. The van der Waals surface area contributed by atoms with Crippen molar-refractivity contribution in [3.63, 3.8) is 0 Å². The van der Waals surface area contributed by atoms with Crippen molar-refractivity contribution in [3.8, 4) is 0 Å². The highest BCUT2D eigenvalue weighted by Crippen LogP contribution is 1.92. The van der Waals surface area contributed by atoms with Crippen molar-refractivity contribution in [1.82, 2.24) is 5.32 Å². The molecule has 0 aromatic carbocycles. The summed E-state index contributed by atoms with van der Waals surface area (Å²) in [6.07, 6.45) is 0.722. The minimum absolute atomic E-state index is 0.344. The summed E-state index contributed by atoms with van der Waals surface area (Å²) < 4.78 is 0. The number of carboxylic acids is 1. The molecule has 5 heteroatoms. The van der Waals surface area contributed by atoms with E-state index in [9.17, 15) is 9.59 Å². The highest BCUT2D eigenvalue weighted by Gasteiger charge is 2.13. The van der Waals surface area contributed by atoms with Gasteiger partial charge in [0, 0.05) is 0 Å². The van der Waals surface area contributed by atoms with E-state index in [0.717, 1.165) is 0 Å². The topological polar surface area (TPSA) is 66.4 Å². The predicted octanol–water partition coefficient (Wildman–Crippen LogP) is -0.495. The Morgan fingerprint density at radius 2 is 2.40 bits per heavy atom. The first-order chi connectivity index (χ1) is 4.72. The number of hydrogen-bond acceptors (Lipinski definition) is 3. The second-order valence-corrected chi connectivity index (χ2v) is 2.13. The molecular formula is C5H9NO3S. The van der Waals surface area contributed by atoms with Crippen molar-refractivity contribution in [2.45, 2.75) is 12.5 Å². The molecule has 1 atom stereocenters. The summed E-state index contributed by atoms with van der Waals surface area (Å²) in [5, 5.41) is 10.5. The van der Waals surface area contributed by atoms with Crippen LogP contribution in [0.4, 0.5) is 0 Å². The molecule has 10 heavy (non-hydrogen) atoms. The number of carbonyl (C=O) groups excluding carboxylic acids is 1. The first-order valence-electron chi connectivity index (χ1n) is 2.75. The fraction of sp³-hybridized carbons (Fsp3) is 0.600. The van der Waals surface area contributed by atoms with Gasteiger partial charge in [-0.1, -0.05) is 0 Å². The van der Waals surface area contributed by atoms with Crippen LogP contribution in [-0.4, -0.2) is 29.3 Å². The van der Waals surface area contributed by atoms with Crippen molar-refractivity contribution in [2.75, 3.05) is 5.75 Å². The lowest BCUT2D eigenvalue weighted by molar-refractivity contribution is -0.140. The van der Waals surface area contributed by atoms with Gasteiger partial charge in [0.1, 0.15) is 6.04 Å². The number of aliphatic carboxylic acids is 1. The van der Waals surface area contributed by atoms with Gasteiger partial charge in [-0.15, -0.1) is 0 Å². The number of carboxylic acid groups (broad SMARTS) is 1. The van der Waals surface area contributed by atoms with Crippen LogP contribution in [0.5, 0.6) is 0 Å². The molecule has 0 aromatic heterocycles. The normalized spacial score (nSPS) is 12.1. The Morgan fingerprint density at radius 1 is 1.80 bits per heavy atom. The van der Waals surface area contributed by atoms with Gasteiger partial charge in [-0.3, -0.25) is 4.79 Å². The van der Waals surface area contributed by atoms with E-state index in [0.29, 0.717) is 18.6 Å². The third-order valence-electron chi connectivity index (χ3n) is 0.985. The van der Waals surface area contributed by atoms with Crippen LogP contribution < -0.4 is 5.32 Å². The van der Waals surface area contributed by atoms with E-state index >= 15 is 0 Å². The highest BCUT2D eigenvalue weighted by atomic mass is 32.1. The maximum absolute atomic E-state index is 10.2. The molecule has 0 saturated heterocycles. The largest absolute Gasteiger partial charge is 0.480 e. The van der Waals surface area contributed by atoms with Gasteiger partial charge in [-0.2, -0.15) is 12.6 Å². The molecule has 1 unspecified atom stereocenters. The fourth-order valence-corrected chi connectivity index (χ4v) is 0.748. The second-order valence-electron chi connectivity index (χ2n) is 1.69. The number of carbonyl (C=O) groups is 2. The lowest BCUT2D eigenvalue weighted by Crippen LogP contribution is -2.35. The van der Waals surface area contributed by atoms with Crippen LogP contribution in [0.3, 0.4) is 0 Å². The summed E-state index contributed by atoms with van der Waals surface area (Å²) in [6, 6.07) is -0.796. The Hall–Kier alpha value is -0.710. The first-order valence-corrected chi connectivity index (χ1v) is 3.39. The molecule has 1 amide bonds. The Kier molecular flexibility index (Phi) is 4.74. The smallest absolute Gasteiger partial charge is 0.326 e. The average molecular weight is 163 g/mol. The minimum atomic E-state index is -1.03. The van der Waals surface area contributed by atoms with Gasteiger partial charge >= 0.3 is 5.97 Å². The van der Waals surface area contributed by atoms with E-state index in [2.05, 4.69) is 17.9 Å². The quantitative estimate of drug-likeness (QED) is 0.378. The van der Waals surface area contributed by atoms with E-state index in [-0.39, 0.29) is 0 Å². The first kappa shape index (κ1) is 9.29. The molecular weight excluding hydrogens is 154 g/mol. The van der Waals surface area contributed by atoms with Gasteiger partial charge < -0.3 is 10.4 Å². The molecule has 0 aromatic rings. The highest BCUT2D eigenvalue weighted by molar-refractivity contribution is 7.80. The van der Waals surface area contributed by atoms with Gasteiger partial charge in [0.25, 0.3) is 0 Å². The SMILES string of the molecule is O=CNC(CCS)C(=O)O. The predicted molar refractivity (Wildman–Crippen MR) is 39.1 cm³/mol. The molecule has 0 fully saturated rings. The molecule has 0 radical (unpaired) electrons. The zero-order valence-electron chi connectivity index (χ0n) is 5.28. The lowest BCUT2D eigenvalue weighted by Gasteiger charge is -2.07. The van der Waals surface area contributed by atoms with Crippen LogP contribution in [-0.2, 0) is 9.59 Å². The third kappa shape index (κ3) is 3.34. The molecule has 0 rings (SSSR count). The van der Waals surface area contributed by atoms with Gasteiger partial charge in [0.05, 0.1) is 0 Å². The Morgan fingerprint density at radius 3 is 2.70 bits per heavy atom. The van der Waals surface area contributed by atoms with Crippen LogP contribution in [0, 0.1) is 0 Å². The summed E-state index contributed by atoms with van der Waals surface area (Å²) >= 11 is 3.83. The van der Waals surface area contributed by atoms with Crippen LogP contribution in [0.2, 0.25) is 0 Å². The molecule has 0 spiro atoms. The molecule has 0 aliphatic carbocycles. The van der Waals surface area contributed by atoms with Gasteiger partial charge in [0.15, 0.2) is 0 Å². The van der Waals surface area contributed by atoms with Gasteiger partial charge in [-0.05, 0) is 12.2 Å². The van der Waals surface area contributed by atoms with Gasteiger partial charge in [0.2, 0.25) is 6.41 Å². The van der Waals surface area contributed by atoms with Crippen LogP contribution in [0.1, 0.15) is 6.42 Å². The van der Waals surface area contributed by atoms with Crippen molar-refractivity contribution < 1.29 is 14.7 Å². The molecule has 0 saturated carbocycles. The maximum Gasteiger partial charge on any atom is 0.326 e. The monoisotopic (exact) mass is 163 g/mol. The molecule has 2 N–H and O–H groups in total. The molecule has 4 nitrogen and oxygen atoms in total. The number of rotatable bonds is 5. The Balaban J connectivity index is 3.71. The fourth-order valence-electron chi connectivity index (χ4n) is 0.489. The summed E-state index contributed by atoms with van der Waals surface area (Å²) in [5.74, 6) is -0.584. The van der Waals surface area contributed by atoms with Crippen LogP contribution >= 0.6 is 12.6 Å². The number of thiol groups is 1. The molecule has 0 bridgehead atoms. The number of hydrogen-bond donors (Lipinski definition) is 3. The molecule has 0 aliphatic rings. The maximum atomic E-state index is 10.2. The molecule has 58 valence electrons. The minimum Gasteiger partial charge on any atom is -0.480 e. The molecule has 0 heterocycles. The van der Waals surface area contributed by atoms with Crippen molar-refractivity contribution in [1.29, 1.82) is 0 Å². The molecule has 0 aliphatic heterocycles. The van der Waals surface area contributed by atoms with Crippen molar-refractivity contribution in [2.24, 2.45) is 0 Å². The van der Waals surface area contributed by atoms with E-state index in [1.807, 2.05) is 0 Å². The van der Waals surface area contributed by atoms with E-state index < -0.39 is 12.0 Å². The standard InChI is InChI=1S/C5H9NO3S/c7-3-6-4(1-2-10)5(8)9/h3-4,10H,1-2H2,(H,6,7)(H,8,9).